The SMILES string of the molecule is O=C(O)CCCCc1ccc2c(c1)C(=O)N(C1CCC(=O)NC1=O)C2. The fourth-order valence-electron chi connectivity index (χ4n) is 3.36. The van der Waals surface area contributed by atoms with Crippen molar-refractivity contribution in [3.05, 3.63) is 34.9 Å². The summed E-state index contributed by atoms with van der Waals surface area (Å²) in [5.74, 6) is -1.69. The summed E-state index contributed by atoms with van der Waals surface area (Å²) in [6.45, 7) is 0.375. The van der Waals surface area contributed by atoms with Crippen molar-refractivity contribution in [3.8, 4) is 0 Å². The van der Waals surface area contributed by atoms with E-state index in [4.69, 9.17) is 5.11 Å². The molecule has 1 saturated heterocycles. The van der Waals surface area contributed by atoms with Gasteiger partial charge in [-0.2, -0.15) is 0 Å². The van der Waals surface area contributed by atoms with E-state index >= 15 is 0 Å². The second-order valence-corrected chi connectivity index (χ2v) is 6.49. The highest BCUT2D eigenvalue weighted by atomic mass is 16.4. The number of unbranched alkanes of at least 4 members (excludes halogenated alkanes) is 1. The number of piperidine rings is 1. The first-order valence-electron chi connectivity index (χ1n) is 8.44. The van der Waals surface area contributed by atoms with Crippen molar-refractivity contribution in [2.75, 3.05) is 0 Å². The number of carbonyl (C=O) groups excluding carboxylic acids is 3. The van der Waals surface area contributed by atoms with E-state index in [-0.39, 0.29) is 24.7 Å². The lowest BCUT2D eigenvalue weighted by molar-refractivity contribution is -0.138. The van der Waals surface area contributed by atoms with Crippen LogP contribution in [0.1, 0.15) is 53.6 Å². The molecule has 0 saturated carbocycles. The topological polar surface area (TPSA) is 104 Å². The molecule has 2 aliphatic heterocycles. The molecule has 7 nitrogen and oxygen atoms in total. The zero-order chi connectivity index (χ0) is 18.0. The molecule has 7 heteroatoms. The highest BCUT2D eigenvalue weighted by molar-refractivity contribution is 6.05. The maximum Gasteiger partial charge on any atom is 0.303 e. The average Bonchev–Trinajstić information content (AvgIpc) is 2.88. The van der Waals surface area contributed by atoms with E-state index in [1.807, 2.05) is 18.2 Å². The normalized spacial score (nSPS) is 19.8. The number of amides is 3. The molecule has 132 valence electrons. The molecular formula is C18H20N2O5. The number of carboxylic acids is 1. The van der Waals surface area contributed by atoms with Crippen LogP contribution in [0.25, 0.3) is 0 Å². The van der Waals surface area contributed by atoms with Gasteiger partial charge in [-0.3, -0.25) is 24.5 Å². The number of carboxylic acid groups (broad SMARTS) is 1. The molecular weight excluding hydrogens is 324 g/mol. The summed E-state index contributed by atoms with van der Waals surface area (Å²) in [6, 6.07) is 5.08. The molecule has 0 aliphatic carbocycles. The molecule has 25 heavy (non-hydrogen) atoms. The number of imide groups is 1. The Morgan fingerprint density at radius 3 is 2.76 bits per heavy atom. The number of nitrogens with zero attached hydrogens (tertiary/aromatic N) is 1. The fourth-order valence-corrected chi connectivity index (χ4v) is 3.36. The van der Waals surface area contributed by atoms with E-state index < -0.39 is 17.9 Å². The van der Waals surface area contributed by atoms with E-state index in [0.29, 0.717) is 31.4 Å². The average molecular weight is 344 g/mol. The van der Waals surface area contributed by atoms with Crippen LogP contribution in [0.3, 0.4) is 0 Å². The molecule has 0 spiro atoms. The highest BCUT2D eigenvalue weighted by Crippen LogP contribution is 2.28. The Hall–Kier alpha value is -2.70. The standard InChI is InChI=1S/C18H20N2O5/c21-15-8-7-14(17(24)19-15)20-10-12-6-5-11(9-13(12)18(20)25)3-1-2-4-16(22)23/h5-6,9,14H,1-4,7-8,10H2,(H,22,23)(H,19,21,24). The molecule has 2 aliphatic rings. The number of carbonyl (C=O) groups is 4. The van der Waals surface area contributed by atoms with Crippen LogP contribution in [-0.4, -0.2) is 39.7 Å². The van der Waals surface area contributed by atoms with Crippen LogP contribution in [0.2, 0.25) is 0 Å². The van der Waals surface area contributed by atoms with E-state index in [1.165, 1.54) is 4.90 Å². The summed E-state index contributed by atoms with van der Waals surface area (Å²) in [5.41, 5.74) is 2.46. The molecule has 2 N–H and O–H groups in total. The van der Waals surface area contributed by atoms with Crippen molar-refractivity contribution >= 4 is 23.7 Å². The smallest absolute Gasteiger partial charge is 0.303 e. The van der Waals surface area contributed by atoms with Crippen LogP contribution in [-0.2, 0) is 27.3 Å². The third kappa shape index (κ3) is 3.70. The Kier molecular flexibility index (Phi) is 4.83. The minimum Gasteiger partial charge on any atom is -0.481 e. The monoisotopic (exact) mass is 344 g/mol. The quantitative estimate of drug-likeness (QED) is 0.597. The summed E-state index contributed by atoms with van der Waals surface area (Å²) < 4.78 is 0. The summed E-state index contributed by atoms with van der Waals surface area (Å²) in [5, 5.41) is 10.9. The minimum absolute atomic E-state index is 0.146. The number of fused-ring (bicyclic) bond motifs is 1. The van der Waals surface area contributed by atoms with E-state index in [9.17, 15) is 19.2 Å². The first-order chi connectivity index (χ1) is 12.0. The molecule has 1 aromatic rings. The Morgan fingerprint density at radius 1 is 1.24 bits per heavy atom. The van der Waals surface area contributed by atoms with Gasteiger partial charge < -0.3 is 10.0 Å². The lowest BCUT2D eigenvalue weighted by atomic mass is 10.0. The second kappa shape index (κ2) is 7.04. The number of nitrogens with one attached hydrogen (secondary N) is 1. The van der Waals surface area contributed by atoms with Gasteiger partial charge in [0, 0.05) is 24.9 Å². The van der Waals surface area contributed by atoms with Crippen molar-refractivity contribution in [3.63, 3.8) is 0 Å². The molecule has 3 amide bonds. The number of hydrogen-bond donors (Lipinski definition) is 2. The van der Waals surface area contributed by atoms with Crippen LogP contribution < -0.4 is 5.32 Å². The molecule has 2 heterocycles. The first kappa shape index (κ1) is 17.1. The van der Waals surface area contributed by atoms with Crippen LogP contribution >= 0.6 is 0 Å². The van der Waals surface area contributed by atoms with Crippen molar-refractivity contribution in [1.29, 1.82) is 0 Å². The Morgan fingerprint density at radius 2 is 2.04 bits per heavy atom. The maximum atomic E-state index is 12.7. The Labute approximate surface area is 145 Å². The summed E-state index contributed by atoms with van der Waals surface area (Å²) >= 11 is 0. The van der Waals surface area contributed by atoms with Crippen LogP contribution in [0.15, 0.2) is 18.2 Å². The summed E-state index contributed by atoms with van der Waals surface area (Å²) in [6.07, 6.45) is 2.80. The molecule has 1 unspecified atom stereocenters. The third-order valence-corrected chi connectivity index (χ3v) is 4.70. The molecule has 0 bridgehead atoms. The lowest BCUT2D eigenvalue weighted by Gasteiger charge is -2.29. The number of benzene rings is 1. The van der Waals surface area contributed by atoms with Crippen LogP contribution in [0, 0.1) is 0 Å². The molecule has 1 aromatic carbocycles. The van der Waals surface area contributed by atoms with Gasteiger partial charge in [-0.1, -0.05) is 12.1 Å². The van der Waals surface area contributed by atoms with Gasteiger partial charge in [0.25, 0.3) is 5.91 Å². The van der Waals surface area contributed by atoms with Gasteiger partial charge in [0.1, 0.15) is 6.04 Å². The van der Waals surface area contributed by atoms with Crippen molar-refractivity contribution in [2.45, 2.75) is 51.1 Å². The zero-order valence-corrected chi connectivity index (χ0v) is 13.8. The van der Waals surface area contributed by atoms with Crippen LogP contribution in [0.5, 0.6) is 0 Å². The molecule has 0 radical (unpaired) electrons. The number of hydrogen-bond acceptors (Lipinski definition) is 4. The van der Waals surface area contributed by atoms with Gasteiger partial charge in [0.2, 0.25) is 11.8 Å². The first-order valence-corrected chi connectivity index (χ1v) is 8.44. The fraction of sp³-hybridized carbons (Fsp3) is 0.444. The van der Waals surface area contributed by atoms with Crippen molar-refractivity contribution in [1.82, 2.24) is 10.2 Å². The molecule has 1 fully saturated rings. The van der Waals surface area contributed by atoms with Gasteiger partial charge in [-0.05, 0) is 42.9 Å². The van der Waals surface area contributed by atoms with Gasteiger partial charge in [0.15, 0.2) is 0 Å². The number of aliphatic carboxylic acids is 1. The highest BCUT2D eigenvalue weighted by Gasteiger charge is 2.38. The molecule has 3 rings (SSSR count). The Bertz CT molecular complexity index is 743. The predicted octanol–water partition coefficient (Wildman–Crippen LogP) is 1.24. The van der Waals surface area contributed by atoms with Crippen molar-refractivity contribution in [2.24, 2.45) is 0 Å². The second-order valence-electron chi connectivity index (χ2n) is 6.49. The van der Waals surface area contributed by atoms with Gasteiger partial charge in [-0.25, -0.2) is 0 Å². The van der Waals surface area contributed by atoms with E-state index in [1.54, 1.807) is 0 Å². The van der Waals surface area contributed by atoms with Crippen molar-refractivity contribution < 1.29 is 24.3 Å². The third-order valence-electron chi connectivity index (χ3n) is 4.70. The largest absolute Gasteiger partial charge is 0.481 e. The minimum atomic E-state index is -0.802. The summed E-state index contributed by atoms with van der Waals surface area (Å²) in [4.78, 5) is 48.0. The van der Waals surface area contributed by atoms with Gasteiger partial charge in [-0.15, -0.1) is 0 Å². The molecule has 0 aromatic heterocycles. The molecule has 1 atom stereocenters. The lowest BCUT2D eigenvalue weighted by Crippen LogP contribution is -2.52. The summed E-state index contributed by atoms with van der Waals surface area (Å²) in [7, 11) is 0. The number of rotatable bonds is 6. The van der Waals surface area contributed by atoms with Crippen LogP contribution in [0.4, 0.5) is 0 Å². The van der Waals surface area contributed by atoms with Gasteiger partial charge in [0.05, 0.1) is 0 Å². The van der Waals surface area contributed by atoms with Gasteiger partial charge >= 0.3 is 5.97 Å². The van der Waals surface area contributed by atoms with E-state index in [0.717, 1.165) is 17.5 Å². The predicted molar refractivity (Wildman–Crippen MR) is 87.7 cm³/mol. The Balaban J connectivity index is 1.66. The maximum absolute atomic E-state index is 12.7. The number of aryl methyl sites for hydroxylation is 1. The van der Waals surface area contributed by atoms with E-state index in [2.05, 4.69) is 5.32 Å². The zero-order valence-electron chi connectivity index (χ0n) is 13.8.